The molecule has 2 rings (SSSR count). The fourth-order valence-corrected chi connectivity index (χ4v) is 2.92. The van der Waals surface area contributed by atoms with Crippen molar-refractivity contribution in [3.05, 3.63) is 60.2 Å². The Morgan fingerprint density at radius 2 is 1.40 bits per heavy atom. The smallest absolute Gasteiger partial charge is 0.331 e. The summed E-state index contributed by atoms with van der Waals surface area (Å²) in [6.45, 7) is 7.14. The van der Waals surface area contributed by atoms with Crippen LogP contribution in [0.4, 0.5) is 0 Å². The lowest BCUT2D eigenvalue weighted by atomic mass is 10.0. The Bertz CT molecular complexity index is 783. The first-order chi connectivity index (χ1) is 14.4. The molecule has 0 radical (unpaired) electrons. The fraction of sp³-hybridized carbons (Fsp3) is 0.423. The summed E-state index contributed by atoms with van der Waals surface area (Å²) in [7, 11) is 1.74. The molecule has 0 fully saturated rings. The highest BCUT2D eigenvalue weighted by Crippen LogP contribution is 2.23. The van der Waals surface area contributed by atoms with E-state index in [2.05, 4.69) is 12.1 Å². The van der Waals surface area contributed by atoms with Gasteiger partial charge in [-0.05, 0) is 74.9 Å². The van der Waals surface area contributed by atoms with Crippen LogP contribution in [0.5, 0.6) is 5.75 Å². The van der Waals surface area contributed by atoms with Gasteiger partial charge < -0.3 is 14.2 Å². The van der Waals surface area contributed by atoms with Gasteiger partial charge in [-0.2, -0.15) is 0 Å². The minimum absolute atomic E-state index is 0.336. The molecule has 0 aromatic heterocycles. The maximum absolute atomic E-state index is 11.8. The zero-order valence-corrected chi connectivity index (χ0v) is 18.6. The highest BCUT2D eigenvalue weighted by atomic mass is 16.6. The van der Waals surface area contributed by atoms with E-state index in [4.69, 9.17) is 14.2 Å². The molecule has 30 heavy (non-hydrogen) atoms. The van der Waals surface area contributed by atoms with Gasteiger partial charge in [0.2, 0.25) is 0 Å². The number of rotatable bonds is 11. The van der Waals surface area contributed by atoms with Gasteiger partial charge >= 0.3 is 5.97 Å². The van der Waals surface area contributed by atoms with Crippen molar-refractivity contribution in [1.29, 1.82) is 0 Å². The number of carbonyl (C=O) groups is 1. The molecule has 0 bridgehead atoms. The van der Waals surface area contributed by atoms with Crippen molar-refractivity contribution in [3.8, 4) is 16.9 Å². The molecule has 0 saturated heterocycles. The maximum Gasteiger partial charge on any atom is 0.331 e. The van der Waals surface area contributed by atoms with Crippen LogP contribution in [0, 0.1) is 0 Å². The Kier molecular flexibility index (Phi) is 9.62. The normalized spacial score (nSPS) is 11.6. The number of benzene rings is 2. The van der Waals surface area contributed by atoms with E-state index in [0.717, 1.165) is 54.9 Å². The minimum atomic E-state index is -0.481. The summed E-state index contributed by atoms with van der Waals surface area (Å²) in [4.78, 5) is 11.8. The predicted octanol–water partition coefficient (Wildman–Crippen LogP) is 6.29. The summed E-state index contributed by atoms with van der Waals surface area (Å²) < 4.78 is 16.2. The van der Waals surface area contributed by atoms with Crippen LogP contribution >= 0.6 is 0 Å². The number of hydrogen-bond donors (Lipinski definition) is 0. The molecule has 0 heterocycles. The van der Waals surface area contributed by atoms with Crippen molar-refractivity contribution < 1.29 is 19.0 Å². The third-order valence-electron chi connectivity index (χ3n) is 4.43. The molecule has 2 aromatic rings. The first-order valence-corrected chi connectivity index (χ1v) is 10.6. The zero-order valence-electron chi connectivity index (χ0n) is 18.6. The summed E-state index contributed by atoms with van der Waals surface area (Å²) in [6, 6.07) is 16.2. The summed E-state index contributed by atoms with van der Waals surface area (Å²) in [5.74, 6) is 0.560. The Morgan fingerprint density at radius 1 is 0.833 bits per heavy atom. The first kappa shape index (κ1) is 23.7. The van der Waals surface area contributed by atoms with Gasteiger partial charge in [0.25, 0.3) is 0 Å². The van der Waals surface area contributed by atoms with Crippen LogP contribution < -0.4 is 4.74 Å². The third-order valence-corrected chi connectivity index (χ3v) is 4.43. The Labute approximate surface area is 180 Å². The molecule has 0 aliphatic rings. The van der Waals surface area contributed by atoms with Crippen LogP contribution in [0.1, 0.15) is 52.0 Å². The molecule has 2 aromatic carbocycles. The van der Waals surface area contributed by atoms with E-state index in [1.54, 1.807) is 13.2 Å². The van der Waals surface area contributed by atoms with Crippen molar-refractivity contribution in [1.82, 2.24) is 0 Å². The lowest BCUT2D eigenvalue weighted by Gasteiger charge is -2.17. The van der Waals surface area contributed by atoms with Crippen molar-refractivity contribution in [2.24, 2.45) is 0 Å². The number of methoxy groups -OCH3 is 1. The van der Waals surface area contributed by atoms with E-state index in [9.17, 15) is 4.79 Å². The van der Waals surface area contributed by atoms with E-state index in [1.807, 2.05) is 57.2 Å². The summed E-state index contributed by atoms with van der Waals surface area (Å²) in [5.41, 5.74) is 2.72. The van der Waals surface area contributed by atoms with Gasteiger partial charge in [0.1, 0.15) is 11.4 Å². The van der Waals surface area contributed by atoms with Gasteiger partial charge in [0.15, 0.2) is 0 Å². The number of hydrogen-bond acceptors (Lipinski definition) is 4. The first-order valence-electron chi connectivity index (χ1n) is 10.6. The average molecular weight is 411 g/mol. The zero-order chi connectivity index (χ0) is 21.8. The van der Waals surface area contributed by atoms with Crippen LogP contribution in [0.25, 0.3) is 17.2 Å². The predicted molar refractivity (Wildman–Crippen MR) is 123 cm³/mol. The Balaban J connectivity index is 1.81. The molecule has 162 valence electrons. The quantitative estimate of drug-likeness (QED) is 0.248. The molecule has 0 amide bonds. The molecular weight excluding hydrogens is 376 g/mol. The van der Waals surface area contributed by atoms with Gasteiger partial charge in [-0.15, -0.1) is 0 Å². The Morgan fingerprint density at radius 3 is 1.97 bits per heavy atom. The van der Waals surface area contributed by atoms with Crippen LogP contribution in [0.2, 0.25) is 0 Å². The number of esters is 1. The van der Waals surface area contributed by atoms with E-state index < -0.39 is 5.60 Å². The lowest BCUT2D eigenvalue weighted by Crippen LogP contribution is -2.22. The second kappa shape index (κ2) is 12.2. The molecule has 0 aliphatic heterocycles. The van der Waals surface area contributed by atoms with Gasteiger partial charge in [0, 0.05) is 19.8 Å². The maximum atomic E-state index is 11.8. The molecule has 0 atom stereocenters. The summed E-state index contributed by atoms with van der Waals surface area (Å²) >= 11 is 0. The van der Waals surface area contributed by atoms with Crippen molar-refractivity contribution in [3.63, 3.8) is 0 Å². The van der Waals surface area contributed by atoms with Crippen molar-refractivity contribution >= 4 is 12.0 Å². The molecular formula is C26H34O4. The average Bonchev–Trinajstić information content (AvgIpc) is 2.71. The van der Waals surface area contributed by atoms with Gasteiger partial charge in [-0.3, -0.25) is 0 Å². The number of carbonyl (C=O) groups excluding carboxylic acids is 1. The largest absolute Gasteiger partial charge is 0.494 e. The van der Waals surface area contributed by atoms with Crippen LogP contribution in [0.3, 0.4) is 0 Å². The van der Waals surface area contributed by atoms with Gasteiger partial charge in [0.05, 0.1) is 6.61 Å². The molecule has 0 aliphatic carbocycles. The highest BCUT2D eigenvalue weighted by Gasteiger charge is 2.13. The number of ether oxygens (including phenoxy) is 3. The van der Waals surface area contributed by atoms with Gasteiger partial charge in [-0.25, -0.2) is 4.79 Å². The highest BCUT2D eigenvalue weighted by molar-refractivity contribution is 5.87. The van der Waals surface area contributed by atoms with Crippen LogP contribution in [-0.4, -0.2) is 31.9 Å². The second-order valence-electron chi connectivity index (χ2n) is 8.27. The van der Waals surface area contributed by atoms with E-state index in [-0.39, 0.29) is 5.97 Å². The Hall–Kier alpha value is -2.59. The summed E-state index contributed by atoms with van der Waals surface area (Å²) in [5, 5.41) is 0. The lowest BCUT2D eigenvalue weighted by molar-refractivity contribution is -0.148. The van der Waals surface area contributed by atoms with Crippen molar-refractivity contribution in [2.75, 3.05) is 20.3 Å². The molecule has 4 heteroatoms. The van der Waals surface area contributed by atoms with E-state index >= 15 is 0 Å². The number of unbranched alkanes of at least 4 members (excludes halogenated alkanes) is 3. The second-order valence-corrected chi connectivity index (χ2v) is 8.27. The molecule has 0 saturated carbocycles. The molecule has 0 spiro atoms. The van der Waals surface area contributed by atoms with Gasteiger partial charge in [-0.1, -0.05) is 42.8 Å². The van der Waals surface area contributed by atoms with E-state index in [0.29, 0.717) is 0 Å². The molecule has 0 N–H and O–H groups in total. The van der Waals surface area contributed by atoms with E-state index in [1.165, 1.54) is 12.5 Å². The van der Waals surface area contributed by atoms with Crippen LogP contribution in [0.15, 0.2) is 54.6 Å². The fourth-order valence-electron chi connectivity index (χ4n) is 2.92. The topological polar surface area (TPSA) is 44.8 Å². The molecule has 4 nitrogen and oxygen atoms in total. The minimum Gasteiger partial charge on any atom is -0.494 e. The summed E-state index contributed by atoms with van der Waals surface area (Å²) in [6.07, 6.45) is 7.74. The third kappa shape index (κ3) is 9.27. The monoisotopic (exact) mass is 410 g/mol. The SMILES string of the molecule is COCCCCCCOc1ccc(-c2ccc(/C=C/C(=O)OC(C)(C)C)cc2)cc1. The molecule has 0 unspecified atom stereocenters. The van der Waals surface area contributed by atoms with Crippen molar-refractivity contribution in [2.45, 2.75) is 52.1 Å². The standard InChI is InChI=1S/C26H34O4/c1-26(2,3)30-25(27)18-11-21-9-12-22(13-10-21)23-14-16-24(17-15-23)29-20-8-6-5-7-19-28-4/h9-18H,5-8,19-20H2,1-4H3/b18-11+. The van der Waals surface area contributed by atoms with Crippen LogP contribution in [-0.2, 0) is 14.3 Å².